The van der Waals surface area contributed by atoms with Gasteiger partial charge in [0.25, 0.3) is 0 Å². The molecular formula is C10H17N3O. The van der Waals surface area contributed by atoms with Crippen LogP contribution >= 0.6 is 0 Å². The first-order valence-corrected chi connectivity index (χ1v) is 4.78. The molecule has 1 N–H and O–H groups in total. The van der Waals surface area contributed by atoms with Gasteiger partial charge in [0.1, 0.15) is 6.33 Å². The van der Waals surface area contributed by atoms with Gasteiger partial charge >= 0.3 is 0 Å². The van der Waals surface area contributed by atoms with E-state index in [4.69, 9.17) is 4.74 Å². The predicted octanol–water partition coefficient (Wildman–Crippen LogP) is 1.16. The summed E-state index contributed by atoms with van der Waals surface area (Å²) in [6.45, 7) is 4.67. The number of nitrogens with one attached hydrogen (secondary N) is 1. The Labute approximate surface area is 84.7 Å². The molecule has 1 atom stereocenters. The lowest BCUT2D eigenvalue weighted by Gasteiger charge is -2.17. The summed E-state index contributed by atoms with van der Waals surface area (Å²) in [7, 11) is 1.90. The van der Waals surface area contributed by atoms with E-state index in [0.717, 1.165) is 5.69 Å². The summed E-state index contributed by atoms with van der Waals surface area (Å²) in [6, 6.07) is 2.03. The zero-order valence-electron chi connectivity index (χ0n) is 8.90. The fourth-order valence-corrected chi connectivity index (χ4v) is 1.11. The van der Waals surface area contributed by atoms with Gasteiger partial charge in [-0.1, -0.05) is 0 Å². The number of nitrogens with zero attached hydrogens (tertiary/aromatic N) is 2. The van der Waals surface area contributed by atoms with Crippen molar-refractivity contribution in [3.8, 4) is 0 Å². The van der Waals surface area contributed by atoms with Crippen LogP contribution in [0.5, 0.6) is 0 Å². The Morgan fingerprint density at radius 2 is 2.29 bits per heavy atom. The maximum atomic E-state index is 5.53. The first kappa shape index (κ1) is 11.1. The van der Waals surface area contributed by atoms with Gasteiger partial charge in [-0.2, -0.15) is 0 Å². The van der Waals surface area contributed by atoms with E-state index in [-0.39, 0.29) is 12.1 Å². The highest BCUT2D eigenvalue weighted by atomic mass is 16.5. The average Bonchev–Trinajstić information content (AvgIpc) is 2.20. The number of likely N-dealkylation sites (N-methyl/N-ethyl adjacent to an activating group) is 1. The predicted molar refractivity (Wildman–Crippen MR) is 54.9 cm³/mol. The highest BCUT2D eigenvalue weighted by Gasteiger charge is 2.10. The van der Waals surface area contributed by atoms with Crippen molar-refractivity contribution in [2.75, 3.05) is 13.7 Å². The molecule has 0 aromatic carbocycles. The van der Waals surface area contributed by atoms with E-state index in [1.54, 1.807) is 12.5 Å². The Hall–Kier alpha value is -1.00. The van der Waals surface area contributed by atoms with Crippen molar-refractivity contribution in [2.45, 2.75) is 26.0 Å². The SMILES string of the molecule is CNC(COC(C)C)c1ccncn1. The molecule has 0 aliphatic rings. The summed E-state index contributed by atoms with van der Waals surface area (Å²) in [5.74, 6) is 0. The van der Waals surface area contributed by atoms with E-state index in [9.17, 15) is 0 Å². The second-order valence-corrected chi connectivity index (χ2v) is 3.36. The monoisotopic (exact) mass is 195 g/mol. The van der Waals surface area contributed by atoms with Gasteiger partial charge in [-0.05, 0) is 27.0 Å². The lowest BCUT2D eigenvalue weighted by atomic mass is 10.2. The lowest BCUT2D eigenvalue weighted by molar-refractivity contribution is 0.0618. The van der Waals surface area contributed by atoms with Crippen molar-refractivity contribution in [3.63, 3.8) is 0 Å². The Morgan fingerprint density at radius 3 is 2.79 bits per heavy atom. The van der Waals surface area contributed by atoms with Crippen LogP contribution in [0.25, 0.3) is 0 Å². The minimum Gasteiger partial charge on any atom is -0.377 e. The summed E-state index contributed by atoms with van der Waals surface area (Å²) >= 11 is 0. The van der Waals surface area contributed by atoms with Gasteiger partial charge < -0.3 is 10.1 Å². The molecule has 0 fully saturated rings. The van der Waals surface area contributed by atoms with Crippen LogP contribution < -0.4 is 5.32 Å². The second kappa shape index (κ2) is 5.67. The van der Waals surface area contributed by atoms with Gasteiger partial charge in [-0.15, -0.1) is 0 Å². The first-order valence-electron chi connectivity index (χ1n) is 4.78. The molecule has 1 heterocycles. The Kier molecular flexibility index (Phi) is 4.49. The third kappa shape index (κ3) is 3.40. The minimum atomic E-state index is 0.139. The van der Waals surface area contributed by atoms with Crippen LogP contribution in [-0.2, 0) is 4.74 Å². The summed E-state index contributed by atoms with van der Waals surface area (Å²) in [5, 5.41) is 3.16. The maximum Gasteiger partial charge on any atom is 0.115 e. The zero-order valence-corrected chi connectivity index (χ0v) is 8.90. The molecule has 0 spiro atoms. The van der Waals surface area contributed by atoms with Crippen LogP contribution in [0.15, 0.2) is 18.6 Å². The van der Waals surface area contributed by atoms with Crippen LogP contribution in [0.1, 0.15) is 25.6 Å². The van der Waals surface area contributed by atoms with Crippen LogP contribution in [0.3, 0.4) is 0 Å². The van der Waals surface area contributed by atoms with Crippen molar-refractivity contribution >= 4 is 0 Å². The van der Waals surface area contributed by atoms with E-state index in [0.29, 0.717) is 6.61 Å². The molecule has 0 aliphatic carbocycles. The molecule has 0 saturated heterocycles. The molecule has 4 nitrogen and oxygen atoms in total. The van der Waals surface area contributed by atoms with Gasteiger partial charge in [0, 0.05) is 6.20 Å². The quantitative estimate of drug-likeness (QED) is 0.766. The van der Waals surface area contributed by atoms with E-state index < -0.39 is 0 Å². The normalized spacial score (nSPS) is 13.1. The highest BCUT2D eigenvalue weighted by Crippen LogP contribution is 2.09. The lowest BCUT2D eigenvalue weighted by Crippen LogP contribution is -2.24. The van der Waals surface area contributed by atoms with Gasteiger partial charge in [0.05, 0.1) is 24.4 Å². The van der Waals surface area contributed by atoms with E-state index >= 15 is 0 Å². The van der Waals surface area contributed by atoms with Crippen molar-refractivity contribution in [2.24, 2.45) is 0 Å². The van der Waals surface area contributed by atoms with Crippen LogP contribution in [0, 0.1) is 0 Å². The molecule has 0 aliphatic heterocycles. The smallest absolute Gasteiger partial charge is 0.115 e. The summed E-state index contributed by atoms with van der Waals surface area (Å²) in [6.07, 6.45) is 3.53. The van der Waals surface area contributed by atoms with Crippen molar-refractivity contribution < 1.29 is 4.74 Å². The molecule has 1 rings (SSSR count). The van der Waals surface area contributed by atoms with E-state index in [1.807, 2.05) is 27.0 Å². The van der Waals surface area contributed by atoms with Gasteiger partial charge in [-0.3, -0.25) is 0 Å². The number of ether oxygens (including phenoxy) is 1. The molecule has 0 amide bonds. The van der Waals surface area contributed by atoms with Crippen molar-refractivity contribution in [1.29, 1.82) is 0 Å². The first-order chi connectivity index (χ1) is 6.74. The minimum absolute atomic E-state index is 0.139. The molecule has 0 bridgehead atoms. The molecule has 1 aromatic rings. The third-order valence-electron chi connectivity index (χ3n) is 1.91. The molecule has 0 radical (unpaired) electrons. The summed E-state index contributed by atoms with van der Waals surface area (Å²) < 4.78 is 5.53. The van der Waals surface area contributed by atoms with Crippen LogP contribution in [0.2, 0.25) is 0 Å². The topological polar surface area (TPSA) is 47.0 Å². The number of aromatic nitrogens is 2. The van der Waals surface area contributed by atoms with Crippen molar-refractivity contribution in [1.82, 2.24) is 15.3 Å². The second-order valence-electron chi connectivity index (χ2n) is 3.36. The average molecular weight is 195 g/mol. The highest BCUT2D eigenvalue weighted by molar-refractivity contribution is 5.04. The van der Waals surface area contributed by atoms with Crippen LogP contribution in [-0.4, -0.2) is 29.7 Å². The molecule has 14 heavy (non-hydrogen) atoms. The maximum absolute atomic E-state index is 5.53. The fraction of sp³-hybridized carbons (Fsp3) is 0.600. The Bertz CT molecular complexity index is 251. The van der Waals surface area contributed by atoms with Crippen LogP contribution in [0.4, 0.5) is 0 Å². The molecule has 78 valence electrons. The number of hydrogen-bond donors (Lipinski definition) is 1. The molecule has 4 heteroatoms. The third-order valence-corrected chi connectivity index (χ3v) is 1.91. The standard InChI is InChI=1S/C10H17N3O/c1-8(2)14-6-10(11-3)9-4-5-12-7-13-9/h4-5,7-8,10-11H,6H2,1-3H3. The van der Waals surface area contributed by atoms with E-state index in [1.165, 1.54) is 0 Å². The van der Waals surface area contributed by atoms with Gasteiger partial charge in [-0.25, -0.2) is 9.97 Å². The number of hydrogen-bond acceptors (Lipinski definition) is 4. The largest absolute Gasteiger partial charge is 0.377 e. The Morgan fingerprint density at radius 1 is 1.50 bits per heavy atom. The fourth-order valence-electron chi connectivity index (χ4n) is 1.11. The van der Waals surface area contributed by atoms with Gasteiger partial charge in [0.2, 0.25) is 0 Å². The molecule has 0 saturated carbocycles. The summed E-state index contributed by atoms with van der Waals surface area (Å²) in [5.41, 5.74) is 0.961. The molecule has 1 aromatic heterocycles. The molecule has 1 unspecified atom stereocenters. The summed E-state index contributed by atoms with van der Waals surface area (Å²) in [4.78, 5) is 8.05. The zero-order chi connectivity index (χ0) is 10.4. The van der Waals surface area contributed by atoms with Gasteiger partial charge in [0.15, 0.2) is 0 Å². The van der Waals surface area contributed by atoms with E-state index in [2.05, 4.69) is 15.3 Å². The molecular weight excluding hydrogens is 178 g/mol. The Balaban J connectivity index is 2.54. The van der Waals surface area contributed by atoms with Crippen molar-refractivity contribution in [3.05, 3.63) is 24.3 Å². The number of rotatable bonds is 5.